The molecule has 1 aliphatic rings. The second kappa shape index (κ2) is 10.4. The summed E-state index contributed by atoms with van der Waals surface area (Å²) < 4.78 is 5.88. The SMILES string of the molecule is CN(Cc1ccc(C(=O)O)cc1)CC1CCN(Cc2ccc(Oc3ccccc3)cc2)C1. The number of aromatic carboxylic acids is 1. The number of nitrogens with zero attached hydrogens (tertiary/aromatic N) is 2. The van der Waals surface area contributed by atoms with Gasteiger partial charge in [0.1, 0.15) is 11.5 Å². The fraction of sp³-hybridized carbons (Fsp3) is 0.296. The summed E-state index contributed by atoms with van der Waals surface area (Å²) in [7, 11) is 2.14. The lowest BCUT2D eigenvalue weighted by molar-refractivity contribution is 0.0697. The van der Waals surface area contributed by atoms with E-state index in [1.54, 1.807) is 12.1 Å². The molecular formula is C27H30N2O3. The molecule has 5 heteroatoms. The Morgan fingerprint density at radius 3 is 2.31 bits per heavy atom. The van der Waals surface area contributed by atoms with E-state index in [-0.39, 0.29) is 0 Å². The third kappa shape index (κ3) is 6.19. The Bertz CT molecular complexity index is 1000. The standard InChI is InChI=1S/C27H30N2O3/c1-28(17-21-7-11-24(12-8-21)27(30)31)18-23-15-16-29(20-23)19-22-9-13-26(14-10-22)32-25-5-3-2-4-6-25/h2-14,23H,15-20H2,1H3,(H,30,31). The first kappa shape index (κ1) is 22.1. The van der Waals surface area contributed by atoms with Gasteiger partial charge in [-0.2, -0.15) is 0 Å². The molecule has 0 bridgehead atoms. The molecule has 0 radical (unpaired) electrons. The molecule has 3 aromatic rings. The maximum absolute atomic E-state index is 11.0. The average Bonchev–Trinajstić information content (AvgIpc) is 3.22. The predicted octanol–water partition coefficient (Wildman–Crippen LogP) is 5.13. The first-order chi connectivity index (χ1) is 15.5. The van der Waals surface area contributed by atoms with Crippen LogP contribution in [0.1, 0.15) is 27.9 Å². The number of benzene rings is 3. The quantitative estimate of drug-likeness (QED) is 0.510. The van der Waals surface area contributed by atoms with Crippen molar-refractivity contribution in [3.05, 3.63) is 95.6 Å². The van der Waals surface area contributed by atoms with Gasteiger partial charge in [0.15, 0.2) is 0 Å². The van der Waals surface area contributed by atoms with Crippen LogP contribution in [-0.2, 0) is 13.1 Å². The lowest BCUT2D eigenvalue weighted by Gasteiger charge is -2.22. The Kier molecular flexibility index (Phi) is 7.20. The molecule has 3 aromatic carbocycles. The number of hydrogen-bond donors (Lipinski definition) is 1. The molecule has 4 rings (SSSR count). The Hall–Kier alpha value is -3.15. The van der Waals surface area contributed by atoms with Crippen LogP contribution in [0, 0.1) is 5.92 Å². The van der Waals surface area contributed by atoms with E-state index in [1.165, 1.54) is 12.0 Å². The summed E-state index contributed by atoms with van der Waals surface area (Å²) in [6.45, 7) is 5.06. The van der Waals surface area contributed by atoms with E-state index >= 15 is 0 Å². The minimum absolute atomic E-state index is 0.336. The molecule has 1 fully saturated rings. The minimum atomic E-state index is -0.880. The van der Waals surface area contributed by atoms with Crippen LogP contribution in [0.3, 0.4) is 0 Å². The third-order valence-corrected chi connectivity index (χ3v) is 5.90. The van der Waals surface area contributed by atoms with E-state index < -0.39 is 5.97 Å². The number of rotatable bonds is 9. The van der Waals surface area contributed by atoms with E-state index in [0.717, 1.165) is 49.8 Å². The van der Waals surface area contributed by atoms with E-state index in [0.29, 0.717) is 11.5 Å². The fourth-order valence-electron chi connectivity index (χ4n) is 4.32. The summed E-state index contributed by atoms with van der Waals surface area (Å²) in [5.41, 5.74) is 2.78. The molecule has 5 nitrogen and oxygen atoms in total. The third-order valence-electron chi connectivity index (χ3n) is 5.90. The van der Waals surface area contributed by atoms with Crippen molar-refractivity contribution in [2.75, 3.05) is 26.7 Å². The first-order valence-corrected chi connectivity index (χ1v) is 11.1. The van der Waals surface area contributed by atoms with Crippen molar-refractivity contribution in [3.63, 3.8) is 0 Å². The Morgan fingerprint density at radius 1 is 0.969 bits per heavy atom. The van der Waals surface area contributed by atoms with Crippen LogP contribution < -0.4 is 4.74 Å². The van der Waals surface area contributed by atoms with Gasteiger partial charge in [0.05, 0.1) is 5.56 Å². The van der Waals surface area contributed by atoms with Gasteiger partial charge < -0.3 is 14.7 Å². The highest BCUT2D eigenvalue weighted by Gasteiger charge is 2.23. The average molecular weight is 431 g/mol. The molecule has 0 aromatic heterocycles. The second-order valence-corrected chi connectivity index (χ2v) is 8.65. The zero-order valence-electron chi connectivity index (χ0n) is 18.5. The molecule has 1 N–H and O–H groups in total. The van der Waals surface area contributed by atoms with Gasteiger partial charge in [-0.1, -0.05) is 42.5 Å². The van der Waals surface area contributed by atoms with Gasteiger partial charge in [0.2, 0.25) is 0 Å². The van der Waals surface area contributed by atoms with Crippen LogP contribution in [0.2, 0.25) is 0 Å². The van der Waals surface area contributed by atoms with Crippen molar-refractivity contribution in [2.45, 2.75) is 19.5 Å². The predicted molar refractivity (Wildman–Crippen MR) is 126 cm³/mol. The number of para-hydroxylation sites is 1. The minimum Gasteiger partial charge on any atom is -0.478 e. The van der Waals surface area contributed by atoms with Gasteiger partial charge in [0, 0.05) is 26.2 Å². The zero-order chi connectivity index (χ0) is 22.3. The molecule has 0 aliphatic carbocycles. The number of carboxylic acid groups (broad SMARTS) is 1. The van der Waals surface area contributed by atoms with Crippen molar-refractivity contribution in [1.29, 1.82) is 0 Å². The molecule has 1 unspecified atom stereocenters. The Morgan fingerprint density at radius 2 is 1.62 bits per heavy atom. The zero-order valence-corrected chi connectivity index (χ0v) is 18.5. The summed E-state index contributed by atoms with van der Waals surface area (Å²) in [4.78, 5) is 15.9. The van der Waals surface area contributed by atoms with E-state index in [9.17, 15) is 4.79 Å². The molecule has 0 spiro atoms. The molecule has 1 heterocycles. The Labute approximate surface area is 189 Å². The Balaban J connectivity index is 1.22. The summed E-state index contributed by atoms with van der Waals surface area (Å²) in [5.74, 6) is 1.48. The summed E-state index contributed by atoms with van der Waals surface area (Å²) in [6, 6.07) is 25.4. The first-order valence-electron chi connectivity index (χ1n) is 11.1. The highest BCUT2D eigenvalue weighted by atomic mass is 16.5. The van der Waals surface area contributed by atoms with Gasteiger partial charge in [0.25, 0.3) is 0 Å². The van der Waals surface area contributed by atoms with Gasteiger partial charge in [-0.25, -0.2) is 4.79 Å². The van der Waals surface area contributed by atoms with E-state index in [2.05, 4.69) is 29.0 Å². The number of hydrogen-bond acceptors (Lipinski definition) is 4. The fourth-order valence-corrected chi connectivity index (χ4v) is 4.32. The van der Waals surface area contributed by atoms with Crippen molar-refractivity contribution in [2.24, 2.45) is 5.92 Å². The van der Waals surface area contributed by atoms with Gasteiger partial charge in [-0.05, 0) is 73.5 Å². The van der Waals surface area contributed by atoms with Crippen LogP contribution >= 0.6 is 0 Å². The molecular weight excluding hydrogens is 400 g/mol. The van der Waals surface area contributed by atoms with Crippen LogP contribution in [0.4, 0.5) is 0 Å². The number of ether oxygens (including phenoxy) is 1. The topological polar surface area (TPSA) is 53.0 Å². The van der Waals surface area contributed by atoms with Crippen LogP contribution in [-0.4, -0.2) is 47.6 Å². The summed E-state index contributed by atoms with van der Waals surface area (Å²) >= 11 is 0. The highest BCUT2D eigenvalue weighted by Crippen LogP contribution is 2.24. The normalized spacial score (nSPS) is 16.4. The lowest BCUT2D eigenvalue weighted by atomic mass is 10.1. The van der Waals surface area contributed by atoms with Crippen molar-refractivity contribution >= 4 is 5.97 Å². The molecule has 166 valence electrons. The van der Waals surface area contributed by atoms with Crippen molar-refractivity contribution in [3.8, 4) is 11.5 Å². The molecule has 1 atom stereocenters. The second-order valence-electron chi connectivity index (χ2n) is 8.65. The lowest BCUT2D eigenvalue weighted by Crippen LogP contribution is -2.28. The smallest absolute Gasteiger partial charge is 0.335 e. The summed E-state index contributed by atoms with van der Waals surface area (Å²) in [5, 5.41) is 9.03. The van der Waals surface area contributed by atoms with Gasteiger partial charge in [-0.3, -0.25) is 4.90 Å². The monoisotopic (exact) mass is 430 g/mol. The number of likely N-dealkylation sites (tertiary alicyclic amines) is 1. The molecule has 1 aliphatic heterocycles. The van der Waals surface area contributed by atoms with Crippen molar-refractivity contribution < 1.29 is 14.6 Å². The highest BCUT2D eigenvalue weighted by molar-refractivity contribution is 5.87. The van der Waals surface area contributed by atoms with E-state index in [4.69, 9.17) is 9.84 Å². The number of carboxylic acids is 1. The van der Waals surface area contributed by atoms with Crippen molar-refractivity contribution in [1.82, 2.24) is 9.80 Å². The van der Waals surface area contributed by atoms with Crippen LogP contribution in [0.15, 0.2) is 78.9 Å². The maximum Gasteiger partial charge on any atom is 0.335 e. The largest absolute Gasteiger partial charge is 0.478 e. The summed E-state index contributed by atoms with van der Waals surface area (Å²) in [6.07, 6.45) is 1.21. The molecule has 1 saturated heterocycles. The molecule has 32 heavy (non-hydrogen) atoms. The van der Waals surface area contributed by atoms with Crippen LogP contribution in [0.5, 0.6) is 11.5 Å². The van der Waals surface area contributed by atoms with Gasteiger partial charge in [-0.15, -0.1) is 0 Å². The van der Waals surface area contributed by atoms with Gasteiger partial charge >= 0.3 is 5.97 Å². The van der Waals surface area contributed by atoms with Crippen LogP contribution in [0.25, 0.3) is 0 Å². The molecule has 0 amide bonds. The maximum atomic E-state index is 11.0. The number of carbonyl (C=O) groups is 1. The van der Waals surface area contributed by atoms with E-state index in [1.807, 2.05) is 54.6 Å². The molecule has 0 saturated carbocycles.